The molecule has 0 saturated heterocycles. The summed E-state index contributed by atoms with van der Waals surface area (Å²) in [6.45, 7) is 12.3. The van der Waals surface area contributed by atoms with Crippen molar-refractivity contribution in [3.8, 4) is 11.1 Å². The molecular weight excluding hydrogens is 292 g/mol. The number of rotatable bonds is 9. The van der Waals surface area contributed by atoms with Crippen molar-refractivity contribution in [1.82, 2.24) is 9.88 Å². The predicted octanol–water partition coefficient (Wildman–Crippen LogP) is 5.88. The van der Waals surface area contributed by atoms with E-state index in [1.54, 1.807) is 0 Å². The lowest BCUT2D eigenvalue weighted by Crippen LogP contribution is -2.25. The fourth-order valence-corrected chi connectivity index (χ4v) is 3.27. The highest BCUT2D eigenvalue weighted by atomic mass is 15.1. The SMILES string of the molecule is CCCN(CCC)Cc1cc(-c2ccccc2C(C)CC)ccn1. The van der Waals surface area contributed by atoms with Crippen LogP contribution in [-0.4, -0.2) is 23.0 Å². The molecule has 2 heteroatoms. The van der Waals surface area contributed by atoms with E-state index in [0.717, 1.165) is 26.1 Å². The van der Waals surface area contributed by atoms with E-state index < -0.39 is 0 Å². The first-order valence-electron chi connectivity index (χ1n) is 9.46. The maximum Gasteiger partial charge on any atom is 0.0550 e. The zero-order valence-corrected chi connectivity index (χ0v) is 15.8. The second-order valence-corrected chi connectivity index (χ2v) is 6.71. The molecule has 0 aliphatic carbocycles. The fraction of sp³-hybridized carbons (Fsp3) is 0.500. The third kappa shape index (κ3) is 4.91. The number of hydrogen-bond donors (Lipinski definition) is 0. The van der Waals surface area contributed by atoms with Crippen LogP contribution < -0.4 is 0 Å². The molecule has 0 spiro atoms. The van der Waals surface area contributed by atoms with Crippen molar-refractivity contribution in [2.24, 2.45) is 0 Å². The molecule has 2 rings (SSSR count). The lowest BCUT2D eigenvalue weighted by Gasteiger charge is -2.21. The largest absolute Gasteiger partial charge is 0.298 e. The van der Waals surface area contributed by atoms with Crippen LogP contribution in [0.3, 0.4) is 0 Å². The predicted molar refractivity (Wildman–Crippen MR) is 104 cm³/mol. The minimum Gasteiger partial charge on any atom is -0.298 e. The molecule has 1 atom stereocenters. The number of hydrogen-bond acceptors (Lipinski definition) is 2. The number of benzene rings is 1. The Balaban J connectivity index is 2.27. The maximum atomic E-state index is 4.62. The van der Waals surface area contributed by atoms with Crippen molar-refractivity contribution in [2.75, 3.05) is 13.1 Å². The third-order valence-corrected chi connectivity index (χ3v) is 4.70. The summed E-state index contributed by atoms with van der Waals surface area (Å²) in [4.78, 5) is 7.13. The van der Waals surface area contributed by atoms with Crippen LogP contribution in [0.15, 0.2) is 42.6 Å². The Hall–Kier alpha value is -1.67. The van der Waals surface area contributed by atoms with E-state index in [1.165, 1.54) is 35.2 Å². The van der Waals surface area contributed by atoms with Gasteiger partial charge in [0.15, 0.2) is 0 Å². The van der Waals surface area contributed by atoms with Crippen molar-refractivity contribution < 1.29 is 0 Å². The first-order chi connectivity index (χ1) is 11.7. The van der Waals surface area contributed by atoms with Gasteiger partial charge in [0.2, 0.25) is 0 Å². The molecule has 0 radical (unpaired) electrons. The first-order valence-corrected chi connectivity index (χ1v) is 9.46. The van der Waals surface area contributed by atoms with Gasteiger partial charge >= 0.3 is 0 Å². The van der Waals surface area contributed by atoms with Crippen molar-refractivity contribution in [3.63, 3.8) is 0 Å². The summed E-state index contributed by atoms with van der Waals surface area (Å²) < 4.78 is 0. The van der Waals surface area contributed by atoms with Gasteiger partial charge in [0.25, 0.3) is 0 Å². The lowest BCUT2D eigenvalue weighted by molar-refractivity contribution is 0.263. The molecule has 0 fully saturated rings. The summed E-state index contributed by atoms with van der Waals surface area (Å²) in [5.41, 5.74) is 5.27. The Bertz CT molecular complexity index is 615. The summed E-state index contributed by atoms with van der Waals surface area (Å²) in [6.07, 6.45) is 5.51. The Morgan fingerprint density at radius 3 is 2.38 bits per heavy atom. The molecule has 1 aromatic carbocycles. The van der Waals surface area contributed by atoms with Gasteiger partial charge < -0.3 is 0 Å². The monoisotopic (exact) mass is 324 g/mol. The van der Waals surface area contributed by atoms with Crippen molar-refractivity contribution in [1.29, 1.82) is 0 Å². The summed E-state index contributed by atoms with van der Waals surface area (Å²) in [5.74, 6) is 0.578. The van der Waals surface area contributed by atoms with Crippen LogP contribution in [0, 0.1) is 0 Å². The van der Waals surface area contributed by atoms with Crippen molar-refractivity contribution in [2.45, 2.75) is 59.4 Å². The van der Waals surface area contributed by atoms with Gasteiger partial charge in [-0.2, -0.15) is 0 Å². The highest BCUT2D eigenvalue weighted by molar-refractivity contribution is 5.68. The standard InChI is InChI=1S/C22H32N2/c1-5-14-24(15-6-2)17-20-16-19(12-13-23-20)22-11-9-8-10-21(22)18(4)7-3/h8-13,16,18H,5-7,14-15,17H2,1-4H3. The van der Waals surface area contributed by atoms with Gasteiger partial charge in [-0.1, -0.05) is 52.0 Å². The molecule has 1 unspecified atom stereocenters. The van der Waals surface area contributed by atoms with Gasteiger partial charge in [0.1, 0.15) is 0 Å². The summed E-state index contributed by atoms with van der Waals surface area (Å²) in [6, 6.07) is 13.2. The molecule has 0 aliphatic heterocycles. The second kappa shape index (κ2) is 9.58. The van der Waals surface area contributed by atoms with E-state index in [2.05, 4.69) is 74.0 Å². The van der Waals surface area contributed by atoms with E-state index >= 15 is 0 Å². The molecule has 2 aromatic rings. The Morgan fingerprint density at radius 2 is 1.71 bits per heavy atom. The van der Waals surface area contributed by atoms with Gasteiger partial charge in [-0.25, -0.2) is 0 Å². The molecule has 0 N–H and O–H groups in total. The Labute approximate surface area is 147 Å². The average molecular weight is 325 g/mol. The first kappa shape index (κ1) is 18.7. The highest BCUT2D eigenvalue weighted by Crippen LogP contribution is 2.31. The van der Waals surface area contributed by atoms with E-state index in [1.807, 2.05) is 6.20 Å². The number of nitrogens with zero attached hydrogens (tertiary/aromatic N) is 2. The molecule has 0 bridgehead atoms. The molecule has 130 valence electrons. The molecule has 2 nitrogen and oxygen atoms in total. The summed E-state index contributed by atoms with van der Waals surface area (Å²) in [5, 5.41) is 0. The molecule has 1 heterocycles. The van der Waals surface area contributed by atoms with E-state index in [9.17, 15) is 0 Å². The Kier molecular flexibility index (Phi) is 7.45. The topological polar surface area (TPSA) is 16.1 Å². The van der Waals surface area contributed by atoms with Crippen molar-refractivity contribution >= 4 is 0 Å². The van der Waals surface area contributed by atoms with Crippen LogP contribution in [0.1, 0.15) is 64.1 Å². The normalized spacial score (nSPS) is 12.5. The Morgan fingerprint density at radius 1 is 1.00 bits per heavy atom. The smallest absolute Gasteiger partial charge is 0.0550 e. The second-order valence-electron chi connectivity index (χ2n) is 6.71. The van der Waals surface area contributed by atoms with Gasteiger partial charge in [-0.05, 0) is 67.1 Å². The molecular formula is C22H32N2. The fourth-order valence-electron chi connectivity index (χ4n) is 3.27. The zero-order valence-electron chi connectivity index (χ0n) is 15.8. The average Bonchev–Trinajstić information content (AvgIpc) is 2.62. The lowest BCUT2D eigenvalue weighted by atomic mass is 9.90. The van der Waals surface area contributed by atoms with Crippen LogP contribution in [-0.2, 0) is 6.54 Å². The molecule has 0 saturated carbocycles. The van der Waals surface area contributed by atoms with Gasteiger partial charge in [-0.3, -0.25) is 9.88 Å². The summed E-state index contributed by atoms with van der Waals surface area (Å²) in [7, 11) is 0. The van der Waals surface area contributed by atoms with Gasteiger partial charge in [-0.15, -0.1) is 0 Å². The molecule has 0 amide bonds. The van der Waals surface area contributed by atoms with E-state index in [4.69, 9.17) is 0 Å². The third-order valence-electron chi connectivity index (χ3n) is 4.70. The van der Waals surface area contributed by atoms with Crippen LogP contribution >= 0.6 is 0 Å². The molecule has 24 heavy (non-hydrogen) atoms. The van der Waals surface area contributed by atoms with Crippen molar-refractivity contribution in [3.05, 3.63) is 53.9 Å². The van der Waals surface area contributed by atoms with Crippen LogP contribution in [0.25, 0.3) is 11.1 Å². The number of aromatic nitrogens is 1. The summed E-state index contributed by atoms with van der Waals surface area (Å²) >= 11 is 0. The van der Waals surface area contributed by atoms with Crippen LogP contribution in [0.4, 0.5) is 0 Å². The van der Waals surface area contributed by atoms with Gasteiger partial charge in [0.05, 0.1) is 5.69 Å². The minimum absolute atomic E-state index is 0.578. The minimum atomic E-state index is 0.578. The van der Waals surface area contributed by atoms with E-state index in [0.29, 0.717) is 5.92 Å². The highest BCUT2D eigenvalue weighted by Gasteiger charge is 2.11. The molecule has 1 aromatic heterocycles. The van der Waals surface area contributed by atoms with E-state index in [-0.39, 0.29) is 0 Å². The van der Waals surface area contributed by atoms with Crippen LogP contribution in [0.5, 0.6) is 0 Å². The van der Waals surface area contributed by atoms with Crippen LogP contribution in [0.2, 0.25) is 0 Å². The number of pyridine rings is 1. The maximum absolute atomic E-state index is 4.62. The molecule has 0 aliphatic rings. The quantitative estimate of drug-likeness (QED) is 0.572. The zero-order chi connectivity index (χ0) is 17.4. The van der Waals surface area contributed by atoms with Gasteiger partial charge in [0, 0.05) is 12.7 Å².